The number of aromatic nitrogens is 2. The van der Waals surface area contributed by atoms with Crippen LogP contribution in [-0.2, 0) is 12.0 Å². The number of nitrogens with zero attached hydrogens (tertiary/aromatic N) is 2. The molecule has 4 rings (SSSR count). The number of rotatable bonds is 5. The van der Waals surface area contributed by atoms with Gasteiger partial charge in [0.1, 0.15) is 11.5 Å². The molecular weight excluding hydrogens is 404 g/mol. The van der Waals surface area contributed by atoms with E-state index in [0.717, 1.165) is 24.1 Å². The van der Waals surface area contributed by atoms with Gasteiger partial charge in [0.2, 0.25) is 0 Å². The molecule has 0 unspecified atom stereocenters. The van der Waals surface area contributed by atoms with E-state index in [-0.39, 0.29) is 23.1 Å². The summed E-state index contributed by atoms with van der Waals surface area (Å²) in [6.45, 7) is 8.19. The fraction of sp³-hybridized carbons (Fsp3) is 0.400. The van der Waals surface area contributed by atoms with Crippen molar-refractivity contribution in [2.24, 2.45) is 0 Å². The monoisotopic (exact) mass is 434 g/mol. The van der Waals surface area contributed by atoms with E-state index < -0.39 is 0 Å². The Labute approximate surface area is 188 Å². The Morgan fingerprint density at radius 2 is 1.88 bits per heavy atom. The van der Waals surface area contributed by atoms with Gasteiger partial charge in [0.25, 0.3) is 11.8 Å². The van der Waals surface area contributed by atoms with E-state index in [9.17, 15) is 9.59 Å². The molecule has 0 spiro atoms. The van der Waals surface area contributed by atoms with Crippen molar-refractivity contribution in [1.29, 1.82) is 0 Å². The number of carbonyl (C=O) groups is 2. The third-order valence-electron chi connectivity index (χ3n) is 6.05. The molecular formula is C25H30N4O3. The predicted octanol–water partition coefficient (Wildman–Crippen LogP) is 4.25. The second-order valence-electron chi connectivity index (χ2n) is 9.36. The molecule has 0 saturated carbocycles. The zero-order valence-electron chi connectivity index (χ0n) is 18.9. The van der Waals surface area contributed by atoms with Crippen LogP contribution in [0, 0.1) is 0 Å². The Kier molecular flexibility index (Phi) is 6.17. The van der Waals surface area contributed by atoms with Gasteiger partial charge in [-0.1, -0.05) is 32.9 Å². The summed E-state index contributed by atoms with van der Waals surface area (Å²) in [5.74, 6) is 0.780. The lowest BCUT2D eigenvalue weighted by molar-refractivity contribution is 0.0712. The molecule has 2 amide bonds. The molecule has 1 aliphatic rings. The van der Waals surface area contributed by atoms with Gasteiger partial charge in [-0.25, -0.2) is 0 Å². The largest absolute Gasteiger partial charge is 0.467 e. The van der Waals surface area contributed by atoms with Crippen LogP contribution in [0.4, 0.5) is 0 Å². The molecule has 1 aromatic carbocycles. The molecule has 32 heavy (non-hydrogen) atoms. The van der Waals surface area contributed by atoms with Gasteiger partial charge in [0, 0.05) is 30.3 Å². The minimum atomic E-state index is -0.241. The molecule has 168 valence electrons. The van der Waals surface area contributed by atoms with Crippen molar-refractivity contribution in [2.45, 2.75) is 51.5 Å². The van der Waals surface area contributed by atoms with Gasteiger partial charge in [0.05, 0.1) is 12.8 Å². The first-order chi connectivity index (χ1) is 15.3. The number of hydrogen-bond acceptors (Lipinski definition) is 4. The maximum atomic E-state index is 12.9. The molecule has 1 fully saturated rings. The Morgan fingerprint density at radius 1 is 1.16 bits per heavy atom. The van der Waals surface area contributed by atoms with Crippen molar-refractivity contribution in [3.63, 3.8) is 0 Å². The van der Waals surface area contributed by atoms with E-state index in [4.69, 9.17) is 4.42 Å². The van der Waals surface area contributed by atoms with Crippen molar-refractivity contribution < 1.29 is 14.0 Å². The summed E-state index contributed by atoms with van der Waals surface area (Å²) >= 11 is 0. The van der Waals surface area contributed by atoms with E-state index in [2.05, 4.69) is 36.3 Å². The molecule has 3 heterocycles. The third-order valence-corrected chi connectivity index (χ3v) is 6.05. The van der Waals surface area contributed by atoms with Gasteiger partial charge in [0.15, 0.2) is 0 Å². The number of aromatic amines is 1. The Balaban J connectivity index is 1.31. The van der Waals surface area contributed by atoms with Crippen LogP contribution in [0.2, 0.25) is 0 Å². The summed E-state index contributed by atoms with van der Waals surface area (Å²) < 4.78 is 5.23. The number of hydrogen-bond donors (Lipinski definition) is 2. The second kappa shape index (κ2) is 9.02. The van der Waals surface area contributed by atoms with Crippen LogP contribution < -0.4 is 5.32 Å². The van der Waals surface area contributed by atoms with Crippen molar-refractivity contribution in [3.05, 3.63) is 77.0 Å². The smallest absolute Gasteiger partial charge is 0.272 e. The Bertz CT molecular complexity index is 1050. The molecule has 7 heteroatoms. The second-order valence-corrected chi connectivity index (χ2v) is 9.36. The third kappa shape index (κ3) is 4.93. The van der Waals surface area contributed by atoms with Crippen LogP contribution in [0.15, 0.2) is 53.1 Å². The fourth-order valence-electron chi connectivity index (χ4n) is 4.02. The van der Waals surface area contributed by atoms with Crippen LogP contribution in [0.5, 0.6) is 0 Å². The van der Waals surface area contributed by atoms with Gasteiger partial charge in [-0.3, -0.25) is 14.7 Å². The van der Waals surface area contributed by atoms with Gasteiger partial charge in [-0.15, -0.1) is 0 Å². The van der Waals surface area contributed by atoms with Gasteiger partial charge < -0.3 is 14.6 Å². The highest BCUT2D eigenvalue weighted by Crippen LogP contribution is 2.28. The van der Waals surface area contributed by atoms with Gasteiger partial charge in [-0.05, 0) is 54.2 Å². The number of nitrogens with one attached hydrogen (secondary N) is 2. The normalized spacial score (nSPS) is 15.0. The molecule has 0 atom stereocenters. The van der Waals surface area contributed by atoms with Gasteiger partial charge >= 0.3 is 0 Å². The SMILES string of the molecule is CC(C)(C)c1ccc(C(=O)N2CCC(c3cc(C(=O)NCc4ccco4)n[nH]3)CC2)cc1. The number of amides is 2. The Morgan fingerprint density at radius 3 is 2.50 bits per heavy atom. The van der Waals surface area contributed by atoms with E-state index >= 15 is 0 Å². The van der Waals surface area contributed by atoms with E-state index in [1.54, 1.807) is 12.3 Å². The minimum absolute atomic E-state index is 0.0680. The lowest BCUT2D eigenvalue weighted by Gasteiger charge is -2.31. The average molecular weight is 435 g/mol. The van der Waals surface area contributed by atoms with Crippen LogP contribution in [0.3, 0.4) is 0 Å². The van der Waals surface area contributed by atoms with E-state index in [0.29, 0.717) is 31.1 Å². The summed E-state index contributed by atoms with van der Waals surface area (Å²) in [7, 11) is 0. The first-order valence-electron chi connectivity index (χ1n) is 11.1. The molecule has 0 radical (unpaired) electrons. The maximum absolute atomic E-state index is 12.9. The van der Waals surface area contributed by atoms with E-state index in [1.807, 2.05) is 41.3 Å². The van der Waals surface area contributed by atoms with Crippen LogP contribution in [0.1, 0.15) is 77.4 Å². The molecule has 1 saturated heterocycles. The molecule has 2 N–H and O–H groups in total. The summed E-state index contributed by atoms with van der Waals surface area (Å²) in [5, 5.41) is 9.98. The molecule has 2 aromatic heterocycles. The summed E-state index contributed by atoms with van der Waals surface area (Å²) in [5.41, 5.74) is 3.32. The fourth-order valence-corrected chi connectivity index (χ4v) is 4.02. The predicted molar refractivity (Wildman–Crippen MR) is 121 cm³/mol. The Hall–Kier alpha value is -3.35. The number of carbonyl (C=O) groups excluding carboxylic acids is 2. The van der Waals surface area contributed by atoms with Crippen molar-refractivity contribution in [2.75, 3.05) is 13.1 Å². The highest BCUT2D eigenvalue weighted by atomic mass is 16.3. The standard InChI is InChI=1S/C25H30N4O3/c1-25(2,3)19-8-6-18(7-9-19)24(31)29-12-10-17(11-13-29)21-15-22(28-27-21)23(30)26-16-20-5-4-14-32-20/h4-9,14-15,17H,10-13,16H2,1-3H3,(H,26,30)(H,27,28). The number of likely N-dealkylation sites (tertiary alicyclic amines) is 1. The molecule has 0 aliphatic carbocycles. The highest BCUT2D eigenvalue weighted by molar-refractivity contribution is 5.94. The average Bonchev–Trinajstić information content (AvgIpc) is 3.49. The van der Waals surface area contributed by atoms with Crippen LogP contribution >= 0.6 is 0 Å². The molecule has 1 aliphatic heterocycles. The van der Waals surface area contributed by atoms with Crippen LogP contribution in [0.25, 0.3) is 0 Å². The summed E-state index contributed by atoms with van der Waals surface area (Å²) in [6.07, 6.45) is 3.25. The molecule has 0 bridgehead atoms. The molecule has 7 nitrogen and oxygen atoms in total. The lowest BCUT2D eigenvalue weighted by atomic mass is 9.86. The van der Waals surface area contributed by atoms with Crippen molar-refractivity contribution >= 4 is 11.8 Å². The summed E-state index contributed by atoms with van der Waals surface area (Å²) in [4.78, 5) is 27.2. The zero-order valence-corrected chi connectivity index (χ0v) is 18.9. The number of furan rings is 1. The number of piperidine rings is 1. The topological polar surface area (TPSA) is 91.2 Å². The quantitative estimate of drug-likeness (QED) is 0.628. The first kappa shape index (κ1) is 21.9. The maximum Gasteiger partial charge on any atom is 0.272 e. The first-order valence-corrected chi connectivity index (χ1v) is 11.1. The van der Waals surface area contributed by atoms with Crippen molar-refractivity contribution in [1.82, 2.24) is 20.4 Å². The van der Waals surface area contributed by atoms with Crippen molar-refractivity contribution in [3.8, 4) is 0 Å². The number of benzene rings is 1. The zero-order chi connectivity index (χ0) is 22.7. The van der Waals surface area contributed by atoms with Gasteiger partial charge in [-0.2, -0.15) is 5.10 Å². The highest BCUT2D eigenvalue weighted by Gasteiger charge is 2.26. The van der Waals surface area contributed by atoms with E-state index in [1.165, 1.54) is 5.56 Å². The molecule has 3 aromatic rings. The summed E-state index contributed by atoms with van der Waals surface area (Å²) in [6, 6.07) is 13.3. The lowest BCUT2D eigenvalue weighted by Crippen LogP contribution is -2.38. The number of H-pyrrole nitrogens is 1. The minimum Gasteiger partial charge on any atom is -0.467 e. The van der Waals surface area contributed by atoms with Crippen LogP contribution in [-0.4, -0.2) is 40.0 Å².